The van der Waals surface area contributed by atoms with Crippen LogP contribution in [0.15, 0.2) is 53.3 Å². The molecule has 4 rings (SSSR count). The largest absolute Gasteiger partial charge is 0.494 e. The van der Waals surface area contributed by atoms with Crippen molar-refractivity contribution in [2.75, 3.05) is 19.7 Å². The van der Waals surface area contributed by atoms with E-state index in [1.54, 1.807) is 29.4 Å². The van der Waals surface area contributed by atoms with Crippen molar-refractivity contribution in [3.63, 3.8) is 0 Å². The number of hydrogen-bond donors (Lipinski definition) is 0. The van der Waals surface area contributed by atoms with Gasteiger partial charge in [-0.3, -0.25) is 9.78 Å². The van der Waals surface area contributed by atoms with E-state index in [9.17, 15) is 4.79 Å². The quantitative estimate of drug-likeness (QED) is 0.704. The van der Waals surface area contributed by atoms with Gasteiger partial charge < -0.3 is 14.2 Å². The van der Waals surface area contributed by atoms with Gasteiger partial charge in [-0.25, -0.2) is 0 Å². The van der Waals surface area contributed by atoms with Gasteiger partial charge in [0.2, 0.25) is 11.7 Å². The molecule has 0 aliphatic carbocycles. The topological polar surface area (TPSA) is 81.4 Å². The summed E-state index contributed by atoms with van der Waals surface area (Å²) in [5.41, 5.74) is 1.51. The predicted octanol–water partition coefficient (Wildman–Crippen LogP) is 2.77. The Bertz CT molecular complexity index is 887. The molecule has 0 atom stereocenters. The average Bonchev–Trinajstić information content (AvgIpc) is 3.12. The van der Waals surface area contributed by atoms with Gasteiger partial charge in [0, 0.05) is 36.6 Å². The van der Waals surface area contributed by atoms with Crippen molar-refractivity contribution in [1.29, 1.82) is 0 Å². The first kappa shape index (κ1) is 16.3. The first-order chi connectivity index (χ1) is 12.7. The van der Waals surface area contributed by atoms with Crippen LogP contribution in [0.3, 0.4) is 0 Å². The second kappa shape index (κ2) is 6.95. The Kier molecular flexibility index (Phi) is 4.35. The van der Waals surface area contributed by atoms with Crippen LogP contribution in [0.1, 0.15) is 29.1 Å². The fraction of sp³-hybridized carbons (Fsp3) is 0.263. The van der Waals surface area contributed by atoms with Crippen LogP contribution in [0.4, 0.5) is 0 Å². The molecule has 1 aliphatic heterocycles. The zero-order chi connectivity index (χ0) is 17.9. The normalized spacial score (nSPS) is 14.1. The van der Waals surface area contributed by atoms with Crippen LogP contribution in [0.2, 0.25) is 0 Å². The smallest absolute Gasteiger partial charge is 0.253 e. The SMILES string of the molecule is CCOc1ccc(C(=O)N2CC(c3nc(-c4ccncc4)no3)C2)cc1. The summed E-state index contributed by atoms with van der Waals surface area (Å²) in [5, 5.41) is 4.01. The highest BCUT2D eigenvalue weighted by molar-refractivity contribution is 5.95. The van der Waals surface area contributed by atoms with Gasteiger partial charge >= 0.3 is 0 Å². The van der Waals surface area contributed by atoms with Gasteiger partial charge in [0.15, 0.2) is 0 Å². The number of pyridine rings is 1. The first-order valence-electron chi connectivity index (χ1n) is 8.50. The van der Waals surface area contributed by atoms with Crippen LogP contribution in [-0.4, -0.2) is 45.6 Å². The number of rotatable bonds is 5. The van der Waals surface area contributed by atoms with Crippen LogP contribution in [0.25, 0.3) is 11.4 Å². The Morgan fingerprint density at radius 1 is 1.19 bits per heavy atom. The Labute approximate surface area is 150 Å². The summed E-state index contributed by atoms with van der Waals surface area (Å²) in [6, 6.07) is 10.9. The molecule has 7 heteroatoms. The molecule has 2 aromatic heterocycles. The second-order valence-corrected chi connectivity index (χ2v) is 6.06. The van der Waals surface area contributed by atoms with Gasteiger partial charge in [-0.15, -0.1) is 0 Å². The molecule has 3 heterocycles. The number of ether oxygens (including phenoxy) is 1. The van der Waals surface area contributed by atoms with Gasteiger partial charge in [0.25, 0.3) is 5.91 Å². The molecular formula is C19H18N4O3. The molecular weight excluding hydrogens is 332 g/mol. The minimum Gasteiger partial charge on any atom is -0.494 e. The third kappa shape index (κ3) is 3.15. The molecule has 7 nitrogen and oxygen atoms in total. The van der Waals surface area contributed by atoms with Crippen molar-refractivity contribution >= 4 is 5.91 Å². The molecule has 0 radical (unpaired) electrons. The first-order valence-corrected chi connectivity index (χ1v) is 8.50. The Morgan fingerprint density at radius 3 is 2.62 bits per heavy atom. The molecule has 0 bridgehead atoms. The maximum Gasteiger partial charge on any atom is 0.253 e. The highest BCUT2D eigenvalue weighted by Gasteiger charge is 2.36. The molecule has 1 amide bonds. The van der Waals surface area contributed by atoms with Gasteiger partial charge in [-0.1, -0.05) is 5.16 Å². The number of aromatic nitrogens is 3. The van der Waals surface area contributed by atoms with Crippen LogP contribution in [0.5, 0.6) is 5.75 Å². The van der Waals surface area contributed by atoms with Crippen LogP contribution >= 0.6 is 0 Å². The van der Waals surface area contributed by atoms with E-state index in [0.717, 1.165) is 11.3 Å². The Balaban J connectivity index is 1.38. The van der Waals surface area contributed by atoms with Crippen molar-refractivity contribution in [2.45, 2.75) is 12.8 Å². The van der Waals surface area contributed by atoms with Crippen molar-refractivity contribution in [3.05, 3.63) is 60.2 Å². The number of likely N-dealkylation sites (tertiary alicyclic amines) is 1. The summed E-state index contributed by atoms with van der Waals surface area (Å²) < 4.78 is 10.8. The lowest BCUT2D eigenvalue weighted by atomic mass is 9.98. The number of carbonyl (C=O) groups excluding carboxylic acids is 1. The van der Waals surface area contributed by atoms with Crippen LogP contribution < -0.4 is 4.74 Å². The standard InChI is InChI=1S/C19H18N4O3/c1-2-25-16-5-3-14(4-6-16)19(24)23-11-15(12-23)18-21-17(22-26-18)13-7-9-20-10-8-13/h3-10,15H,2,11-12H2,1H3. The minimum atomic E-state index is -0.00169. The summed E-state index contributed by atoms with van der Waals surface area (Å²) >= 11 is 0. The van der Waals surface area contributed by atoms with Crippen molar-refractivity contribution in [1.82, 2.24) is 20.0 Å². The zero-order valence-electron chi connectivity index (χ0n) is 14.3. The third-order valence-corrected chi connectivity index (χ3v) is 4.31. The van der Waals surface area contributed by atoms with Gasteiger partial charge in [0.1, 0.15) is 5.75 Å². The van der Waals surface area contributed by atoms with Gasteiger partial charge in [-0.05, 0) is 43.3 Å². The van der Waals surface area contributed by atoms with E-state index in [1.165, 1.54) is 0 Å². The van der Waals surface area contributed by atoms with Crippen LogP contribution in [-0.2, 0) is 0 Å². The summed E-state index contributed by atoms with van der Waals surface area (Å²) in [6.07, 6.45) is 3.37. The highest BCUT2D eigenvalue weighted by atomic mass is 16.5. The van der Waals surface area contributed by atoms with Crippen molar-refractivity contribution in [2.24, 2.45) is 0 Å². The molecule has 0 N–H and O–H groups in total. The fourth-order valence-electron chi connectivity index (χ4n) is 2.86. The van der Waals surface area contributed by atoms with E-state index in [0.29, 0.717) is 37.0 Å². The molecule has 0 saturated carbocycles. The number of nitrogens with zero attached hydrogens (tertiary/aromatic N) is 4. The summed E-state index contributed by atoms with van der Waals surface area (Å²) in [7, 11) is 0. The Hall–Kier alpha value is -3.22. The van der Waals surface area contributed by atoms with E-state index in [-0.39, 0.29) is 11.8 Å². The van der Waals surface area contributed by atoms with E-state index < -0.39 is 0 Å². The maximum atomic E-state index is 12.5. The van der Waals surface area contributed by atoms with Gasteiger partial charge in [0.05, 0.1) is 12.5 Å². The highest BCUT2D eigenvalue weighted by Crippen LogP contribution is 2.29. The van der Waals surface area contributed by atoms with Gasteiger partial charge in [-0.2, -0.15) is 4.98 Å². The summed E-state index contributed by atoms with van der Waals surface area (Å²) in [4.78, 5) is 22.7. The summed E-state index contributed by atoms with van der Waals surface area (Å²) in [6.45, 7) is 3.68. The zero-order valence-corrected chi connectivity index (χ0v) is 14.3. The number of amides is 1. The molecule has 26 heavy (non-hydrogen) atoms. The molecule has 3 aromatic rings. The molecule has 0 spiro atoms. The lowest BCUT2D eigenvalue weighted by molar-refractivity contribution is 0.0569. The van der Waals surface area contributed by atoms with E-state index >= 15 is 0 Å². The minimum absolute atomic E-state index is 0.00169. The van der Waals surface area contributed by atoms with Crippen molar-refractivity contribution in [3.8, 4) is 17.1 Å². The third-order valence-electron chi connectivity index (χ3n) is 4.31. The fourth-order valence-corrected chi connectivity index (χ4v) is 2.86. The molecule has 1 fully saturated rings. The predicted molar refractivity (Wildman–Crippen MR) is 93.8 cm³/mol. The second-order valence-electron chi connectivity index (χ2n) is 6.06. The molecule has 1 saturated heterocycles. The van der Waals surface area contributed by atoms with E-state index in [1.807, 2.05) is 31.2 Å². The van der Waals surface area contributed by atoms with E-state index in [2.05, 4.69) is 15.1 Å². The number of benzene rings is 1. The maximum absolute atomic E-state index is 12.5. The molecule has 132 valence electrons. The lowest BCUT2D eigenvalue weighted by Crippen LogP contribution is -2.48. The van der Waals surface area contributed by atoms with Crippen molar-refractivity contribution < 1.29 is 14.1 Å². The number of carbonyl (C=O) groups is 1. The molecule has 1 aromatic carbocycles. The average molecular weight is 350 g/mol. The van der Waals surface area contributed by atoms with Crippen LogP contribution in [0, 0.1) is 0 Å². The Morgan fingerprint density at radius 2 is 1.92 bits per heavy atom. The lowest BCUT2D eigenvalue weighted by Gasteiger charge is -2.37. The number of hydrogen-bond acceptors (Lipinski definition) is 6. The monoisotopic (exact) mass is 350 g/mol. The summed E-state index contributed by atoms with van der Waals surface area (Å²) in [5.74, 6) is 1.94. The van der Waals surface area contributed by atoms with E-state index in [4.69, 9.17) is 9.26 Å². The molecule has 1 aliphatic rings. The molecule has 0 unspecified atom stereocenters.